The minimum Gasteiger partial charge on any atom is -0.379 e. The van der Waals surface area contributed by atoms with Gasteiger partial charge >= 0.3 is 0 Å². The van der Waals surface area contributed by atoms with E-state index >= 15 is 0 Å². The lowest BCUT2D eigenvalue weighted by Gasteiger charge is -2.24. The fourth-order valence-electron chi connectivity index (χ4n) is 3.41. The summed E-state index contributed by atoms with van der Waals surface area (Å²) >= 11 is 0. The Balaban J connectivity index is 1.30. The first-order valence-corrected chi connectivity index (χ1v) is 12.7. The maximum absolute atomic E-state index is 12.7. The molecule has 180 valence electrons. The van der Waals surface area contributed by atoms with E-state index < -0.39 is 10.0 Å². The molecule has 0 radical (unpaired) electrons. The molecule has 2 aromatic carbocycles. The van der Waals surface area contributed by atoms with Crippen LogP contribution in [0.4, 0.5) is 5.69 Å². The highest BCUT2D eigenvalue weighted by Crippen LogP contribution is 2.13. The van der Waals surface area contributed by atoms with Crippen LogP contribution >= 0.6 is 0 Å². The Morgan fingerprint density at radius 2 is 1.77 bits per heavy atom. The van der Waals surface area contributed by atoms with Gasteiger partial charge in [0.05, 0.1) is 36.5 Å². The Labute approximate surface area is 205 Å². The van der Waals surface area contributed by atoms with Crippen molar-refractivity contribution in [3.8, 4) is 11.8 Å². The van der Waals surface area contributed by atoms with Crippen LogP contribution < -0.4 is 10.0 Å². The molecule has 3 aromatic rings. The first-order chi connectivity index (χ1) is 17.0. The third-order valence-corrected chi connectivity index (χ3v) is 6.82. The van der Waals surface area contributed by atoms with Gasteiger partial charge in [-0.15, -0.1) is 0 Å². The Kier molecular flexibility index (Phi) is 8.23. The Morgan fingerprint density at radius 1 is 1.03 bits per heavy atom. The van der Waals surface area contributed by atoms with Gasteiger partial charge in [-0.2, -0.15) is 0 Å². The van der Waals surface area contributed by atoms with E-state index in [0.29, 0.717) is 17.8 Å². The summed E-state index contributed by atoms with van der Waals surface area (Å²) in [5.74, 6) is 5.93. The zero-order valence-electron chi connectivity index (χ0n) is 19.1. The highest BCUT2D eigenvalue weighted by molar-refractivity contribution is 7.89. The number of nitrogens with one attached hydrogen (secondary N) is 2. The van der Waals surface area contributed by atoms with Crippen molar-refractivity contribution in [1.82, 2.24) is 14.6 Å². The average molecular weight is 491 g/mol. The molecule has 0 unspecified atom stereocenters. The maximum atomic E-state index is 12.7. The van der Waals surface area contributed by atoms with Crippen molar-refractivity contribution < 1.29 is 17.9 Å². The third kappa shape index (κ3) is 7.21. The minimum absolute atomic E-state index is 0.105. The maximum Gasteiger partial charge on any atom is 0.255 e. The lowest BCUT2D eigenvalue weighted by Crippen LogP contribution is -2.36. The number of carbonyl (C=O) groups excluding carboxylic acids is 1. The number of carbonyl (C=O) groups is 1. The van der Waals surface area contributed by atoms with Crippen molar-refractivity contribution in [1.29, 1.82) is 0 Å². The largest absolute Gasteiger partial charge is 0.379 e. The number of pyridine rings is 1. The van der Waals surface area contributed by atoms with Crippen LogP contribution in [-0.4, -0.2) is 57.1 Å². The monoisotopic (exact) mass is 490 g/mol. The lowest BCUT2D eigenvalue weighted by atomic mass is 10.1. The topological polar surface area (TPSA) is 101 Å². The summed E-state index contributed by atoms with van der Waals surface area (Å²) in [6.45, 7) is 3.97. The number of nitrogens with zero attached hydrogens (tertiary/aromatic N) is 2. The molecule has 1 aromatic heterocycles. The Bertz CT molecular complexity index is 1290. The molecule has 1 saturated heterocycles. The summed E-state index contributed by atoms with van der Waals surface area (Å²) in [6.07, 6.45) is 3.19. The Morgan fingerprint density at radius 3 is 2.46 bits per heavy atom. The van der Waals surface area contributed by atoms with Gasteiger partial charge in [0.25, 0.3) is 5.91 Å². The molecule has 2 N–H and O–H groups in total. The SMILES string of the molecule is O=C(Nc1cccnc1)c1ccc(CNS(=O)(=O)c2ccc(C#CCN3CCOCC3)cc2)cc1. The highest BCUT2D eigenvalue weighted by Gasteiger charge is 2.14. The van der Waals surface area contributed by atoms with Gasteiger partial charge in [0.1, 0.15) is 0 Å². The van der Waals surface area contributed by atoms with E-state index in [9.17, 15) is 13.2 Å². The van der Waals surface area contributed by atoms with Gasteiger partial charge in [-0.3, -0.25) is 14.7 Å². The fraction of sp³-hybridized carbons (Fsp3) is 0.231. The van der Waals surface area contributed by atoms with Gasteiger partial charge in [-0.1, -0.05) is 24.0 Å². The normalized spacial score (nSPS) is 14.1. The number of anilines is 1. The standard InChI is InChI=1S/C26H26N4O4S/c31-26(29-24-4-1-13-27-20-24)23-9-5-22(6-10-23)19-28-35(32,33)25-11-7-21(8-12-25)3-2-14-30-15-17-34-18-16-30/h1,4-13,20,28H,14-19H2,(H,29,31). The number of ether oxygens (including phenoxy) is 1. The summed E-state index contributed by atoms with van der Waals surface area (Å²) in [5, 5.41) is 2.76. The summed E-state index contributed by atoms with van der Waals surface area (Å²) in [7, 11) is -3.69. The molecule has 1 amide bonds. The Hall–Kier alpha value is -3.55. The first-order valence-electron chi connectivity index (χ1n) is 11.2. The molecule has 1 fully saturated rings. The zero-order valence-corrected chi connectivity index (χ0v) is 19.9. The number of morpholine rings is 1. The average Bonchev–Trinajstić information content (AvgIpc) is 2.89. The van der Waals surface area contributed by atoms with E-state index in [0.717, 1.165) is 37.4 Å². The van der Waals surface area contributed by atoms with Crippen LogP contribution in [0.2, 0.25) is 0 Å². The van der Waals surface area contributed by atoms with Crippen LogP contribution in [-0.2, 0) is 21.3 Å². The van der Waals surface area contributed by atoms with Crippen molar-refractivity contribution in [3.63, 3.8) is 0 Å². The fourth-order valence-corrected chi connectivity index (χ4v) is 4.42. The van der Waals surface area contributed by atoms with Crippen LogP contribution in [0, 0.1) is 11.8 Å². The number of sulfonamides is 1. The first kappa shape index (κ1) is 24.6. The van der Waals surface area contributed by atoms with E-state index in [4.69, 9.17) is 4.74 Å². The summed E-state index contributed by atoms with van der Waals surface area (Å²) in [5.41, 5.74) is 2.56. The second-order valence-electron chi connectivity index (χ2n) is 7.93. The van der Waals surface area contributed by atoms with Crippen LogP contribution in [0.3, 0.4) is 0 Å². The second kappa shape index (κ2) is 11.7. The number of hydrogen-bond donors (Lipinski definition) is 2. The van der Waals surface area contributed by atoms with E-state index in [2.05, 4.69) is 31.8 Å². The number of amides is 1. The zero-order chi connectivity index (χ0) is 24.5. The van der Waals surface area contributed by atoms with Gasteiger partial charge in [0, 0.05) is 37.0 Å². The molecule has 0 aliphatic carbocycles. The van der Waals surface area contributed by atoms with Gasteiger partial charge in [-0.05, 0) is 54.1 Å². The summed E-state index contributed by atoms with van der Waals surface area (Å²) in [6, 6.07) is 16.7. The molecule has 0 atom stereocenters. The molecule has 2 heterocycles. The van der Waals surface area contributed by atoms with E-state index in [1.165, 1.54) is 0 Å². The smallest absolute Gasteiger partial charge is 0.255 e. The molecular weight excluding hydrogens is 464 g/mol. The summed E-state index contributed by atoms with van der Waals surface area (Å²) < 4.78 is 33.3. The third-order valence-electron chi connectivity index (χ3n) is 5.41. The molecule has 8 nitrogen and oxygen atoms in total. The molecule has 0 spiro atoms. The highest BCUT2D eigenvalue weighted by atomic mass is 32.2. The van der Waals surface area contributed by atoms with Crippen LogP contribution in [0.25, 0.3) is 0 Å². The molecule has 1 aliphatic rings. The van der Waals surface area contributed by atoms with E-state index in [-0.39, 0.29) is 17.3 Å². The lowest BCUT2D eigenvalue weighted by molar-refractivity contribution is 0.0443. The molecule has 0 bridgehead atoms. The molecule has 0 saturated carbocycles. The summed E-state index contributed by atoms with van der Waals surface area (Å²) in [4.78, 5) is 18.7. The van der Waals surface area contributed by atoms with E-state index in [1.54, 1.807) is 73.1 Å². The van der Waals surface area contributed by atoms with Gasteiger partial charge in [0.15, 0.2) is 0 Å². The molecular formula is C26H26N4O4S. The van der Waals surface area contributed by atoms with Crippen molar-refractivity contribution in [2.75, 3.05) is 38.2 Å². The number of hydrogen-bond acceptors (Lipinski definition) is 6. The van der Waals surface area contributed by atoms with Crippen LogP contribution in [0.15, 0.2) is 78.0 Å². The quantitative estimate of drug-likeness (QED) is 0.494. The van der Waals surface area contributed by atoms with Crippen LogP contribution in [0.5, 0.6) is 0 Å². The predicted octanol–water partition coefficient (Wildman–Crippen LogP) is 2.50. The molecule has 1 aliphatic heterocycles. The van der Waals surface area contributed by atoms with E-state index in [1.807, 2.05) is 0 Å². The van der Waals surface area contributed by atoms with Crippen molar-refractivity contribution >= 4 is 21.6 Å². The number of aromatic nitrogens is 1. The van der Waals surface area contributed by atoms with Crippen molar-refractivity contribution in [3.05, 3.63) is 89.7 Å². The van der Waals surface area contributed by atoms with Gasteiger partial charge < -0.3 is 10.1 Å². The minimum atomic E-state index is -3.69. The molecule has 4 rings (SSSR count). The molecule has 35 heavy (non-hydrogen) atoms. The number of rotatable bonds is 7. The number of benzene rings is 2. The van der Waals surface area contributed by atoms with Gasteiger partial charge in [-0.25, -0.2) is 13.1 Å². The second-order valence-corrected chi connectivity index (χ2v) is 9.70. The van der Waals surface area contributed by atoms with Crippen molar-refractivity contribution in [2.45, 2.75) is 11.4 Å². The predicted molar refractivity (Wildman–Crippen MR) is 133 cm³/mol. The molecule has 9 heteroatoms. The van der Waals surface area contributed by atoms with Crippen molar-refractivity contribution in [2.24, 2.45) is 0 Å². The van der Waals surface area contributed by atoms with Crippen LogP contribution in [0.1, 0.15) is 21.5 Å². The van der Waals surface area contributed by atoms with Gasteiger partial charge in [0.2, 0.25) is 10.0 Å².